The number of hydrogen-bond donors (Lipinski definition) is 3. The molecule has 1 atom stereocenters. The minimum absolute atomic E-state index is 0.0610. The molecule has 154 valence electrons. The number of ether oxygens (including phenoxy) is 1. The lowest BCUT2D eigenvalue weighted by molar-refractivity contribution is -0.130. The molecule has 2 rings (SSSR count). The summed E-state index contributed by atoms with van der Waals surface area (Å²) in [6.45, 7) is 5.63. The number of carbonyl (C=O) groups excluding carboxylic acids is 2. The predicted octanol–water partition coefficient (Wildman–Crippen LogP) is 2.76. The van der Waals surface area contributed by atoms with Gasteiger partial charge in [-0.1, -0.05) is 44.2 Å². The standard InChI is InChI=1S/C22H27N3O4/c1-15(2)12-18(22(28)25-23-13-17-9-5-6-10-19(17)26)24-21(27)14-29-20-11-7-4-8-16(20)3/h4-11,13,15,18,26H,12,14H2,1-3H3,(H,24,27)(H,25,28)/b23-13-/t18-/m0/s1. The Morgan fingerprint density at radius 1 is 1.14 bits per heavy atom. The molecule has 7 nitrogen and oxygen atoms in total. The third kappa shape index (κ3) is 7.29. The van der Waals surface area contributed by atoms with Crippen molar-refractivity contribution in [3.8, 4) is 11.5 Å². The highest BCUT2D eigenvalue weighted by Crippen LogP contribution is 2.16. The van der Waals surface area contributed by atoms with E-state index in [0.29, 0.717) is 17.7 Å². The summed E-state index contributed by atoms with van der Waals surface area (Å²) >= 11 is 0. The number of benzene rings is 2. The van der Waals surface area contributed by atoms with Crippen LogP contribution >= 0.6 is 0 Å². The highest BCUT2D eigenvalue weighted by atomic mass is 16.5. The van der Waals surface area contributed by atoms with Crippen LogP contribution in [-0.4, -0.2) is 35.8 Å². The number of nitrogens with zero attached hydrogens (tertiary/aromatic N) is 1. The van der Waals surface area contributed by atoms with Gasteiger partial charge in [0.1, 0.15) is 17.5 Å². The summed E-state index contributed by atoms with van der Waals surface area (Å²) < 4.78 is 5.54. The second-order valence-electron chi connectivity index (χ2n) is 7.10. The predicted molar refractivity (Wildman–Crippen MR) is 112 cm³/mol. The first kappa shape index (κ1) is 21.9. The van der Waals surface area contributed by atoms with Crippen LogP contribution in [0.5, 0.6) is 11.5 Å². The third-order valence-corrected chi connectivity index (χ3v) is 4.13. The Balaban J connectivity index is 1.93. The average molecular weight is 397 g/mol. The number of carbonyl (C=O) groups is 2. The van der Waals surface area contributed by atoms with Crippen LogP contribution in [-0.2, 0) is 9.59 Å². The van der Waals surface area contributed by atoms with Crippen molar-refractivity contribution >= 4 is 18.0 Å². The van der Waals surface area contributed by atoms with Crippen molar-refractivity contribution in [2.24, 2.45) is 11.0 Å². The molecule has 3 N–H and O–H groups in total. The van der Waals surface area contributed by atoms with E-state index in [9.17, 15) is 14.7 Å². The van der Waals surface area contributed by atoms with E-state index in [-0.39, 0.29) is 18.3 Å². The van der Waals surface area contributed by atoms with Crippen molar-refractivity contribution < 1.29 is 19.4 Å². The van der Waals surface area contributed by atoms with Gasteiger partial charge < -0.3 is 15.2 Å². The van der Waals surface area contributed by atoms with Crippen LogP contribution in [0.1, 0.15) is 31.4 Å². The van der Waals surface area contributed by atoms with E-state index in [1.807, 2.05) is 39.0 Å². The minimum atomic E-state index is -0.746. The van der Waals surface area contributed by atoms with Crippen LogP contribution in [0.2, 0.25) is 0 Å². The Morgan fingerprint density at radius 2 is 1.83 bits per heavy atom. The van der Waals surface area contributed by atoms with E-state index in [0.717, 1.165) is 5.56 Å². The molecule has 0 aliphatic heterocycles. The monoisotopic (exact) mass is 397 g/mol. The summed E-state index contributed by atoms with van der Waals surface area (Å²) in [5.41, 5.74) is 3.82. The molecule has 2 aromatic carbocycles. The lowest BCUT2D eigenvalue weighted by Gasteiger charge is -2.19. The summed E-state index contributed by atoms with van der Waals surface area (Å²) in [4.78, 5) is 24.8. The number of aromatic hydroxyl groups is 1. The lowest BCUT2D eigenvalue weighted by Crippen LogP contribution is -2.47. The molecule has 0 saturated heterocycles. The summed E-state index contributed by atoms with van der Waals surface area (Å²) in [5, 5.41) is 16.3. The van der Waals surface area contributed by atoms with Gasteiger partial charge in [0.2, 0.25) is 0 Å². The Morgan fingerprint density at radius 3 is 2.52 bits per heavy atom. The van der Waals surface area contributed by atoms with E-state index < -0.39 is 17.9 Å². The maximum absolute atomic E-state index is 12.5. The first-order chi connectivity index (χ1) is 13.9. The summed E-state index contributed by atoms with van der Waals surface area (Å²) in [6.07, 6.45) is 1.80. The van der Waals surface area contributed by atoms with Gasteiger partial charge in [0.15, 0.2) is 6.61 Å². The molecule has 0 radical (unpaired) electrons. The van der Waals surface area contributed by atoms with Crippen molar-refractivity contribution in [2.75, 3.05) is 6.61 Å². The topological polar surface area (TPSA) is 100 Å². The van der Waals surface area contributed by atoms with Crippen molar-refractivity contribution in [1.82, 2.24) is 10.7 Å². The van der Waals surface area contributed by atoms with Crippen LogP contribution in [0.3, 0.4) is 0 Å². The van der Waals surface area contributed by atoms with Crippen LogP contribution < -0.4 is 15.5 Å². The minimum Gasteiger partial charge on any atom is -0.507 e. The quantitative estimate of drug-likeness (QED) is 0.447. The molecule has 0 aromatic heterocycles. The maximum atomic E-state index is 12.5. The number of amides is 2. The van der Waals surface area contributed by atoms with E-state index in [2.05, 4.69) is 15.8 Å². The van der Waals surface area contributed by atoms with Crippen molar-refractivity contribution in [2.45, 2.75) is 33.2 Å². The van der Waals surface area contributed by atoms with Crippen molar-refractivity contribution in [1.29, 1.82) is 0 Å². The first-order valence-electron chi connectivity index (χ1n) is 9.45. The Labute approximate surface area is 170 Å². The van der Waals surface area contributed by atoms with Crippen LogP contribution in [0.25, 0.3) is 0 Å². The zero-order valence-corrected chi connectivity index (χ0v) is 16.9. The third-order valence-electron chi connectivity index (χ3n) is 4.13. The van der Waals surface area contributed by atoms with E-state index in [1.54, 1.807) is 24.3 Å². The maximum Gasteiger partial charge on any atom is 0.262 e. The summed E-state index contributed by atoms with van der Waals surface area (Å²) in [6, 6.07) is 13.3. The summed E-state index contributed by atoms with van der Waals surface area (Å²) in [7, 11) is 0. The van der Waals surface area contributed by atoms with Crippen LogP contribution in [0.4, 0.5) is 0 Å². The number of phenolic OH excluding ortho intramolecular Hbond substituents is 1. The Bertz CT molecular complexity index is 865. The molecule has 7 heteroatoms. The zero-order valence-electron chi connectivity index (χ0n) is 16.9. The molecule has 0 saturated carbocycles. The average Bonchev–Trinajstić information content (AvgIpc) is 2.68. The molecule has 0 bridgehead atoms. The number of aryl methyl sites for hydroxylation is 1. The van der Waals surface area contributed by atoms with Crippen LogP contribution in [0.15, 0.2) is 53.6 Å². The Hall–Kier alpha value is -3.35. The van der Waals surface area contributed by atoms with Gasteiger partial charge in [-0.25, -0.2) is 5.43 Å². The molecule has 0 heterocycles. The van der Waals surface area contributed by atoms with Gasteiger partial charge in [-0.05, 0) is 43.0 Å². The van der Waals surface area contributed by atoms with E-state index in [4.69, 9.17) is 4.74 Å². The molecule has 2 amide bonds. The fourth-order valence-corrected chi connectivity index (χ4v) is 2.64. The van der Waals surface area contributed by atoms with Crippen molar-refractivity contribution in [3.63, 3.8) is 0 Å². The highest BCUT2D eigenvalue weighted by Gasteiger charge is 2.22. The summed E-state index contributed by atoms with van der Waals surface area (Å²) in [5.74, 6) is 0.0458. The number of rotatable bonds is 9. The Kier molecular flexibility index (Phi) is 8.21. The van der Waals surface area contributed by atoms with Gasteiger partial charge in [-0.2, -0.15) is 5.10 Å². The molecule has 0 fully saturated rings. The SMILES string of the molecule is Cc1ccccc1OCC(=O)N[C@@H](CC(C)C)C(=O)N/N=C\c1ccccc1O. The molecule has 2 aromatic rings. The second kappa shape index (κ2) is 10.8. The second-order valence-corrected chi connectivity index (χ2v) is 7.10. The number of nitrogens with one attached hydrogen (secondary N) is 2. The highest BCUT2D eigenvalue weighted by molar-refractivity contribution is 5.89. The normalized spacial score (nSPS) is 12.0. The van der Waals surface area contributed by atoms with E-state index >= 15 is 0 Å². The molecule has 0 unspecified atom stereocenters. The zero-order chi connectivity index (χ0) is 21.2. The number of para-hydroxylation sites is 2. The molecule has 0 spiro atoms. The van der Waals surface area contributed by atoms with Gasteiger partial charge in [-0.15, -0.1) is 0 Å². The number of phenols is 1. The van der Waals surface area contributed by atoms with Gasteiger partial charge in [0.25, 0.3) is 11.8 Å². The lowest BCUT2D eigenvalue weighted by atomic mass is 10.0. The van der Waals surface area contributed by atoms with Crippen molar-refractivity contribution in [3.05, 3.63) is 59.7 Å². The number of hydrogen-bond acceptors (Lipinski definition) is 5. The molecular formula is C22H27N3O4. The van der Waals surface area contributed by atoms with Gasteiger partial charge in [-0.3, -0.25) is 9.59 Å². The number of hydrazone groups is 1. The van der Waals surface area contributed by atoms with Gasteiger partial charge in [0, 0.05) is 5.56 Å². The van der Waals surface area contributed by atoms with Gasteiger partial charge >= 0.3 is 0 Å². The smallest absolute Gasteiger partial charge is 0.262 e. The fourth-order valence-electron chi connectivity index (χ4n) is 2.64. The van der Waals surface area contributed by atoms with E-state index in [1.165, 1.54) is 12.3 Å². The largest absolute Gasteiger partial charge is 0.507 e. The molecule has 0 aliphatic carbocycles. The fraction of sp³-hybridized carbons (Fsp3) is 0.318. The van der Waals surface area contributed by atoms with Gasteiger partial charge in [0.05, 0.1) is 6.21 Å². The first-order valence-corrected chi connectivity index (χ1v) is 9.45. The molecule has 0 aliphatic rings. The van der Waals surface area contributed by atoms with Crippen LogP contribution in [0, 0.1) is 12.8 Å². The molecule has 29 heavy (non-hydrogen) atoms. The molecular weight excluding hydrogens is 370 g/mol.